The zero-order valence-corrected chi connectivity index (χ0v) is 21.2. The number of piperazine rings is 1. The number of hydrogen-bond acceptors (Lipinski definition) is 6. The molecule has 1 atom stereocenters. The van der Waals surface area contributed by atoms with Crippen molar-refractivity contribution in [3.63, 3.8) is 0 Å². The lowest BCUT2D eigenvalue weighted by Crippen LogP contribution is -2.58. The maximum atomic E-state index is 12.9. The van der Waals surface area contributed by atoms with E-state index in [1.54, 1.807) is 36.7 Å². The van der Waals surface area contributed by atoms with Crippen molar-refractivity contribution in [2.75, 3.05) is 37.6 Å². The van der Waals surface area contributed by atoms with Crippen LogP contribution in [0, 0.1) is 11.3 Å². The third-order valence-corrected chi connectivity index (χ3v) is 7.65. The summed E-state index contributed by atoms with van der Waals surface area (Å²) in [6.07, 6.45) is 8.31. The van der Waals surface area contributed by atoms with Gasteiger partial charge < -0.3 is 14.8 Å². The summed E-state index contributed by atoms with van der Waals surface area (Å²) in [6, 6.07) is 11.8. The lowest BCUT2D eigenvalue weighted by molar-refractivity contribution is 0.0491. The maximum absolute atomic E-state index is 12.9. The molecule has 0 bridgehead atoms. The van der Waals surface area contributed by atoms with E-state index < -0.39 is 0 Å². The van der Waals surface area contributed by atoms with Crippen LogP contribution in [0.5, 0.6) is 0 Å². The molecule has 0 spiro atoms. The van der Waals surface area contributed by atoms with Crippen molar-refractivity contribution in [2.24, 2.45) is 0 Å². The number of likely N-dealkylation sites (tertiary alicyclic amines) is 1. The number of nitriles is 1. The SMILES string of the molecule is CC[C@H]1CN(c2ncc(-c3ncc[nH]3)cc2Cl)CCN1C1CCN(C(=O)c2ccc(C#N)cc2)CC1. The van der Waals surface area contributed by atoms with Gasteiger partial charge in [-0.3, -0.25) is 9.69 Å². The first kappa shape index (κ1) is 24.3. The number of amides is 1. The molecule has 4 heterocycles. The molecule has 1 amide bonds. The summed E-state index contributed by atoms with van der Waals surface area (Å²) in [7, 11) is 0. The average molecular weight is 504 g/mol. The van der Waals surface area contributed by atoms with Crippen LogP contribution in [0.4, 0.5) is 5.82 Å². The number of carbonyl (C=O) groups excluding carboxylic acids is 1. The molecule has 2 saturated heterocycles. The fraction of sp³-hybridized carbons (Fsp3) is 0.407. The number of pyridine rings is 1. The minimum absolute atomic E-state index is 0.0495. The van der Waals surface area contributed by atoms with E-state index >= 15 is 0 Å². The van der Waals surface area contributed by atoms with Crippen molar-refractivity contribution >= 4 is 23.3 Å². The molecule has 2 aliphatic rings. The third-order valence-electron chi connectivity index (χ3n) is 7.37. The lowest BCUT2D eigenvalue weighted by Gasteiger charge is -2.47. The number of aromatic nitrogens is 3. The summed E-state index contributed by atoms with van der Waals surface area (Å²) in [5.74, 6) is 1.64. The molecular formula is C27H30ClN7O. The third kappa shape index (κ3) is 4.95. The van der Waals surface area contributed by atoms with Crippen LogP contribution in [0.2, 0.25) is 5.02 Å². The van der Waals surface area contributed by atoms with Gasteiger partial charge in [-0.1, -0.05) is 18.5 Å². The molecule has 0 saturated carbocycles. The average Bonchev–Trinajstić information content (AvgIpc) is 3.48. The van der Waals surface area contributed by atoms with Gasteiger partial charge >= 0.3 is 0 Å². The molecule has 1 aromatic carbocycles. The summed E-state index contributed by atoms with van der Waals surface area (Å²) in [5, 5.41) is 9.63. The molecule has 0 radical (unpaired) electrons. The molecule has 3 aromatic rings. The topological polar surface area (TPSA) is 92.2 Å². The van der Waals surface area contributed by atoms with Crippen molar-refractivity contribution in [3.05, 3.63) is 65.1 Å². The second-order valence-corrected chi connectivity index (χ2v) is 9.83. The summed E-state index contributed by atoms with van der Waals surface area (Å²) in [6.45, 7) is 6.44. The molecule has 9 heteroatoms. The minimum Gasteiger partial charge on any atom is -0.353 e. The van der Waals surface area contributed by atoms with E-state index in [4.69, 9.17) is 16.9 Å². The van der Waals surface area contributed by atoms with Crippen molar-refractivity contribution in [2.45, 2.75) is 38.3 Å². The first-order valence-corrected chi connectivity index (χ1v) is 12.9. The van der Waals surface area contributed by atoms with Gasteiger partial charge in [0.15, 0.2) is 0 Å². The minimum atomic E-state index is 0.0495. The predicted molar refractivity (Wildman–Crippen MR) is 140 cm³/mol. The molecule has 1 N–H and O–H groups in total. The monoisotopic (exact) mass is 503 g/mol. The van der Waals surface area contributed by atoms with Gasteiger partial charge in [-0.15, -0.1) is 0 Å². The molecule has 2 aliphatic heterocycles. The highest BCUT2D eigenvalue weighted by molar-refractivity contribution is 6.33. The zero-order chi connectivity index (χ0) is 25.1. The lowest BCUT2D eigenvalue weighted by atomic mass is 9.97. The number of hydrogen-bond donors (Lipinski definition) is 1. The molecule has 2 fully saturated rings. The highest BCUT2D eigenvalue weighted by Gasteiger charge is 2.34. The number of imidazole rings is 1. The van der Waals surface area contributed by atoms with Gasteiger partial charge in [-0.05, 0) is 49.6 Å². The molecule has 0 aliphatic carbocycles. The Morgan fingerprint density at radius 3 is 2.58 bits per heavy atom. The second-order valence-electron chi connectivity index (χ2n) is 9.43. The van der Waals surface area contributed by atoms with E-state index in [1.807, 2.05) is 17.2 Å². The number of benzene rings is 1. The molecule has 36 heavy (non-hydrogen) atoms. The molecule has 186 valence electrons. The molecule has 5 rings (SSSR count). The summed E-state index contributed by atoms with van der Waals surface area (Å²) >= 11 is 6.66. The molecule has 8 nitrogen and oxygen atoms in total. The Hall–Kier alpha value is -3.41. The number of anilines is 1. The van der Waals surface area contributed by atoms with Crippen molar-refractivity contribution in [3.8, 4) is 17.5 Å². The van der Waals surface area contributed by atoms with Gasteiger partial charge in [-0.2, -0.15) is 5.26 Å². The highest BCUT2D eigenvalue weighted by Crippen LogP contribution is 2.31. The standard InChI is InChI=1S/C27H30ClN7O/c1-2-22-18-34(26-24(28)15-21(17-32-26)25-30-9-10-31-25)13-14-35(22)23-7-11-33(12-8-23)27(36)20-5-3-19(16-29)4-6-20/h3-6,9-10,15,17,22-23H,2,7-8,11-14,18H2,1H3,(H,30,31)/t22-/m0/s1. The number of aromatic amines is 1. The molecule has 2 aromatic heterocycles. The first-order chi connectivity index (χ1) is 17.6. The second kappa shape index (κ2) is 10.7. The highest BCUT2D eigenvalue weighted by atomic mass is 35.5. The number of nitrogens with zero attached hydrogens (tertiary/aromatic N) is 6. The Morgan fingerprint density at radius 1 is 1.17 bits per heavy atom. The fourth-order valence-electron chi connectivity index (χ4n) is 5.39. The van der Waals surface area contributed by atoms with E-state index in [0.29, 0.717) is 28.2 Å². The number of H-pyrrole nitrogens is 1. The van der Waals surface area contributed by atoms with Crippen LogP contribution in [-0.4, -0.2) is 75.5 Å². The Morgan fingerprint density at radius 2 is 1.94 bits per heavy atom. The van der Waals surface area contributed by atoms with Gasteiger partial charge in [0.25, 0.3) is 5.91 Å². The van der Waals surface area contributed by atoms with E-state index in [9.17, 15) is 4.79 Å². The van der Waals surface area contributed by atoms with Crippen LogP contribution in [0.1, 0.15) is 42.1 Å². The quantitative estimate of drug-likeness (QED) is 0.561. The molecular weight excluding hydrogens is 474 g/mol. The van der Waals surface area contributed by atoms with Gasteiger partial charge in [0.1, 0.15) is 11.6 Å². The summed E-state index contributed by atoms with van der Waals surface area (Å²) < 4.78 is 0. The van der Waals surface area contributed by atoms with Crippen molar-refractivity contribution in [1.29, 1.82) is 5.26 Å². The van der Waals surface area contributed by atoms with E-state index in [0.717, 1.165) is 69.2 Å². The van der Waals surface area contributed by atoms with Crippen molar-refractivity contribution < 1.29 is 4.79 Å². The fourth-order valence-corrected chi connectivity index (χ4v) is 5.68. The number of nitrogens with one attached hydrogen (secondary N) is 1. The Balaban J connectivity index is 1.20. The number of halogens is 1. The van der Waals surface area contributed by atoms with Crippen LogP contribution < -0.4 is 4.90 Å². The predicted octanol–water partition coefficient (Wildman–Crippen LogP) is 4.20. The van der Waals surface area contributed by atoms with E-state index in [2.05, 4.69) is 37.7 Å². The Labute approximate surface area is 216 Å². The number of piperidine rings is 1. The normalized spacial score (nSPS) is 19.3. The van der Waals surface area contributed by atoms with Crippen LogP contribution in [0.3, 0.4) is 0 Å². The number of carbonyl (C=O) groups is 1. The van der Waals surface area contributed by atoms with E-state index in [1.165, 1.54) is 0 Å². The van der Waals surface area contributed by atoms with Crippen molar-refractivity contribution in [1.82, 2.24) is 24.8 Å². The largest absolute Gasteiger partial charge is 0.353 e. The van der Waals surface area contributed by atoms with Crippen LogP contribution >= 0.6 is 11.6 Å². The Kier molecular flexibility index (Phi) is 7.21. The smallest absolute Gasteiger partial charge is 0.253 e. The molecule has 0 unspecified atom stereocenters. The first-order valence-electron chi connectivity index (χ1n) is 12.5. The Bertz CT molecular complexity index is 1230. The van der Waals surface area contributed by atoms with E-state index in [-0.39, 0.29) is 5.91 Å². The van der Waals surface area contributed by atoms with Gasteiger partial charge in [0.2, 0.25) is 0 Å². The van der Waals surface area contributed by atoms with Crippen LogP contribution in [0.15, 0.2) is 48.9 Å². The summed E-state index contributed by atoms with van der Waals surface area (Å²) in [5.41, 5.74) is 2.09. The van der Waals surface area contributed by atoms with Crippen LogP contribution in [-0.2, 0) is 0 Å². The number of rotatable bonds is 5. The maximum Gasteiger partial charge on any atom is 0.253 e. The van der Waals surface area contributed by atoms with Gasteiger partial charge in [0, 0.05) is 74.5 Å². The van der Waals surface area contributed by atoms with Crippen LogP contribution in [0.25, 0.3) is 11.4 Å². The summed E-state index contributed by atoms with van der Waals surface area (Å²) in [4.78, 5) is 31.9. The zero-order valence-electron chi connectivity index (χ0n) is 20.4. The van der Waals surface area contributed by atoms with Gasteiger partial charge in [-0.25, -0.2) is 9.97 Å². The van der Waals surface area contributed by atoms with Gasteiger partial charge in [0.05, 0.1) is 16.7 Å².